The largest absolute Gasteiger partial charge is 0.495 e. The number of hydrogen-bond donors (Lipinski definition) is 2. The van der Waals surface area contributed by atoms with Crippen molar-refractivity contribution in [1.82, 2.24) is 5.32 Å². The van der Waals surface area contributed by atoms with Gasteiger partial charge < -0.3 is 14.8 Å². The number of hydrogen-bond acceptors (Lipinski definition) is 6. The Labute approximate surface area is 188 Å². The van der Waals surface area contributed by atoms with Crippen LogP contribution in [0.1, 0.15) is 43.2 Å². The van der Waals surface area contributed by atoms with Crippen molar-refractivity contribution in [3.63, 3.8) is 0 Å². The molecule has 0 atom stereocenters. The van der Waals surface area contributed by atoms with E-state index in [-0.39, 0.29) is 22.5 Å². The Kier molecular flexibility index (Phi) is 5.37. The fourth-order valence-corrected chi connectivity index (χ4v) is 6.33. The molecule has 2 aromatic carbocycles. The van der Waals surface area contributed by atoms with Crippen LogP contribution in [0.5, 0.6) is 11.5 Å². The number of fused-ring (bicyclic) bond motifs is 2. The summed E-state index contributed by atoms with van der Waals surface area (Å²) in [4.78, 5) is 13.0. The van der Waals surface area contributed by atoms with E-state index in [0.29, 0.717) is 17.9 Å². The van der Waals surface area contributed by atoms with Gasteiger partial charge in [0, 0.05) is 18.1 Å². The normalized spacial score (nSPS) is 20.0. The van der Waals surface area contributed by atoms with Gasteiger partial charge in [-0.3, -0.25) is 9.52 Å². The van der Waals surface area contributed by atoms with E-state index in [0.717, 1.165) is 56.3 Å². The van der Waals surface area contributed by atoms with E-state index in [2.05, 4.69) is 10.0 Å². The Morgan fingerprint density at radius 1 is 1.09 bits per heavy atom. The van der Waals surface area contributed by atoms with Crippen LogP contribution in [0.25, 0.3) is 0 Å². The van der Waals surface area contributed by atoms with E-state index in [1.807, 2.05) is 6.07 Å². The third-order valence-electron chi connectivity index (χ3n) is 6.99. The van der Waals surface area contributed by atoms with Gasteiger partial charge in [0.2, 0.25) is 0 Å². The molecule has 8 heteroatoms. The summed E-state index contributed by atoms with van der Waals surface area (Å²) in [6, 6.07) is 10.1. The Balaban J connectivity index is 1.54. The zero-order valence-electron chi connectivity index (χ0n) is 18.1. The smallest absolute Gasteiger partial charge is 0.265 e. The molecule has 0 amide bonds. The van der Waals surface area contributed by atoms with Crippen molar-refractivity contribution in [2.24, 2.45) is 0 Å². The molecule has 2 aromatic rings. The predicted molar refractivity (Wildman–Crippen MR) is 121 cm³/mol. The van der Waals surface area contributed by atoms with Gasteiger partial charge >= 0.3 is 0 Å². The Morgan fingerprint density at radius 2 is 1.84 bits per heavy atom. The number of piperidine rings is 1. The highest BCUT2D eigenvalue weighted by atomic mass is 32.2. The number of ether oxygens (including phenoxy) is 2. The van der Waals surface area contributed by atoms with Crippen LogP contribution in [0, 0.1) is 0 Å². The van der Waals surface area contributed by atoms with Gasteiger partial charge in [0.25, 0.3) is 10.0 Å². The molecule has 2 fully saturated rings. The van der Waals surface area contributed by atoms with Crippen molar-refractivity contribution in [2.75, 3.05) is 24.9 Å². The summed E-state index contributed by atoms with van der Waals surface area (Å²) < 4.78 is 40.7. The Bertz CT molecular complexity index is 1150. The second-order valence-electron chi connectivity index (χ2n) is 8.86. The van der Waals surface area contributed by atoms with Crippen LogP contribution in [-0.4, -0.2) is 40.5 Å². The van der Waals surface area contributed by atoms with Crippen LogP contribution >= 0.6 is 0 Å². The van der Waals surface area contributed by atoms with E-state index in [1.165, 1.54) is 13.2 Å². The zero-order chi connectivity index (χ0) is 22.3. The molecule has 1 saturated carbocycles. The molecule has 32 heavy (non-hydrogen) atoms. The lowest BCUT2D eigenvalue weighted by Gasteiger charge is -2.38. The molecule has 1 heterocycles. The molecule has 5 rings (SSSR count). The SMILES string of the molecule is COc1ccccc1S(=O)(=O)Nc1cc(OC2CCNCC2)c2c(c1)C1(CCC1)C(=O)C2. The van der Waals surface area contributed by atoms with Gasteiger partial charge in [0.15, 0.2) is 0 Å². The fraction of sp³-hybridized carbons (Fsp3) is 0.458. The van der Waals surface area contributed by atoms with Gasteiger partial charge in [-0.15, -0.1) is 0 Å². The van der Waals surface area contributed by atoms with Crippen molar-refractivity contribution >= 4 is 21.5 Å². The van der Waals surface area contributed by atoms with Crippen molar-refractivity contribution in [3.8, 4) is 11.5 Å². The standard InChI is InChI=1S/C24H28N2O5S/c1-30-20-5-2-3-6-22(20)32(28,29)26-16-13-19-18(15-23(27)24(19)9-4-10-24)21(14-16)31-17-7-11-25-12-8-17/h2-3,5-6,13-14,17,25-26H,4,7-12,15H2,1H3. The molecule has 1 aliphatic heterocycles. The number of Topliss-reactive ketones (excluding diaryl/α,β-unsaturated/α-hetero) is 1. The minimum Gasteiger partial charge on any atom is -0.495 e. The topological polar surface area (TPSA) is 93.7 Å². The van der Waals surface area contributed by atoms with Crippen molar-refractivity contribution < 1.29 is 22.7 Å². The highest BCUT2D eigenvalue weighted by molar-refractivity contribution is 7.92. The number of para-hydroxylation sites is 1. The molecule has 170 valence electrons. The summed E-state index contributed by atoms with van der Waals surface area (Å²) in [6.07, 6.45) is 4.80. The number of carbonyl (C=O) groups is 1. The maximum Gasteiger partial charge on any atom is 0.265 e. The van der Waals surface area contributed by atoms with Gasteiger partial charge in [-0.05, 0) is 62.5 Å². The van der Waals surface area contributed by atoms with Crippen LogP contribution in [0.15, 0.2) is 41.3 Å². The lowest BCUT2D eigenvalue weighted by molar-refractivity contribution is -0.125. The van der Waals surface area contributed by atoms with Crippen molar-refractivity contribution in [1.29, 1.82) is 0 Å². The van der Waals surface area contributed by atoms with Gasteiger partial charge in [0.1, 0.15) is 28.3 Å². The van der Waals surface area contributed by atoms with Crippen LogP contribution in [-0.2, 0) is 26.7 Å². The van der Waals surface area contributed by atoms with E-state index in [1.54, 1.807) is 24.3 Å². The minimum absolute atomic E-state index is 0.0504. The summed E-state index contributed by atoms with van der Waals surface area (Å²) in [5, 5.41) is 3.33. The fourth-order valence-electron chi connectivity index (χ4n) is 5.12. The number of methoxy groups -OCH3 is 1. The van der Waals surface area contributed by atoms with Crippen molar-refractivity contribution in [2.45, 2.75) is 54.9 Å². The van der Waals surface area contributed by atoms with Crippen LogP contribution < -0.4 is 19.5 Å². The molecule has 0 bridgehead atoms. The van der Waals surface area contributed by atoms with E-state index < -0.39 is 15.4 Å². The first-order valence-corrected chi connectivity index (χ1v) is 12.7. The first-order valence-electron chi connectivity index (χ1n) is 11.2. The van der Waals surface area contributed by atoms with Gasteiger partial charge in [0.05, 0.1) is 18.2 Å². The average Bonchev–Trinajstić information content (AvgIpc) is 3.06. The number of benzene rings is 2. The zero-order valence-corrected chi connectivity index (χ0v) is 19.0. The molecule has 1 spiro atoms. The highest BCUT2D eigenvalue weighted by Crippen LogP contribution is 2.53. The summed E-state index contributed by atoms with van der Waals surface area (Å²) >= 11 is 0. The van der Waals surface area contributed by atoms with Crippen molar-refractivity contribution in [3.05, 3.63) is 47.5 Å². The average molecular weight is 457 g/mol. The minimum atomic E-state index is -3.89. The lowest BCUT2D eigenvalue weighted by Crippen LogP contribution is -2.39. The molecule has 0 aromatic heterocycles. The number of sulfonamides is 1. The summed E-state index contributed by atoms with van der Waals surface area (Å²) in [5.41, 5.74) is 1.79. The summed E-state index contributed by atoms with van der Waals surface area (Å²) in [7, 11) is -2.44. The molecular weight excluding hydrogens is 428 g/mol. The van der Waals surface area contributed by atoms with Crippen LogP contribution in [0.4, 0.5) is 5.69 Å². The van der Waals surface area contributed by atoms with Crippen LogP contribution in [0.3, 0.4) is 0 Å². The predicted octanol–water partition coefficient (Wildman–Crippen LogP) is 3.17. The van der Waals surface area contributed by atoms with E-state index in [9.17, 15) is 13.2 Å². The Morgan fingerprint density at radius 3 is 2.53 bits per heavy atom. The maximum absolute atomic E-state index is 13.2. The number of carbonyl (C=O) groups excluding carboxylic acids is 1. The first kappa shape index (κ1) is 21.3. The molecule has 7 nitrogen and oxygen atoms in total. The molecule has 2 aliphatic carbocycles. The second-order valence-corrected chi connectivity index (χ2v) is 10.5. The maximum atomic E-state index is 13.2. The third-order valence-corrected chi connectivity index (χ3v) is 8.41. The number of anilines is 1. The quantitative estimate of drug-likeness (QED) is 0.694. The number of rotatable bonds is 6. The van der Waals surface area contributed by atoms with Gasteiger partial charge in [-0.2, -0.15) is 0 Å². The monoisotopic (exact) mass is 456 g/mol. The summed E-state index contributed by atoms with van der Waals surface area (Å²) in [5.74, 6) is 1.13. The van der Waals surface area contributed by atoms with Gasteiger partial charge in [-0.1, -0.05) is 18.6 Å². The second kappa shape index (κ2) is 8.08. The first-order chi connectivity index (χ1) is 15.4. The molecule has 1 saturated heterocycles. The summed E-state index contributed by atoms with van der Waals surface area (Å²) in [6.45, 7) is 1.77. The van der Waals surface area contributed by atoms with Crippen LogP contribution in [0.2, 0.25) is 0 Å². The third kappa shape index (κ3) is 3.55. The van der Waals surface area contributed by atoms with E-state index in [4.69, 9.17) is 9.47 Å². The van der Waals surface area contributed by atoms with Gasteiger partial charge in [-0.25, -0.2) is 8.42 Å². The molecule has 0 unspecified atom stereocenters. The number of nitrogens with one attached hydrogen (secondary N) is 2. The molecule has 2 N–H and O–H groups in total. The molecular formula is C24H28N2O5S. The Hall–Kier alpha value is -2.58. The molecule has 3 aliphatic rings. The lowest BCUT2D eigenvalue weighted by atomic mass is 9.64. The number of ketones is 1. The highest BCUT2D eigenvalue weighted by Gasteiger charge is 2.51. The van der Waals surface area contributed by atoms with E-state index >= 15 is 0 Å². The molecule has 0 radical (unpaired) electrons.